The zero-order valence-electron chi connectivity index (χ0n) is 10.4. The highest BCUT2D eigenvalue weighted by Gasteiger charge is 2.26. The average Bonchev–Trinajstić information content (AvgIpc) is 2.31. The van der Waals surface area contributed by atoms with Crippen molar-refractivity contribution in [2.24, 2.45) is 0 Å². The molecule has 0 unspecified atom stereocenters. The second kappa shape index (κ2) is 5.27. The molecule has 4 heteroatoms. The molecule has 0 saturated carbocycles. The van der Waals surface area contributed by atoms with E-state index in [9.17, 15) is 14.3 Å². The van der Waals surface area contributed by atoms with Crippen LogP contribution in [0, 0.1) is 5.82 Å². The van der Waals surface area contributed by atoms with Gasteiger partial charge in [-0.25, -0.2) is 4.39 Å². The van der Waals surface area contributed by atoms with Crippen molar-refractivity contribution in [3.63, 3.8) is 0 Å². The molecule has 94 valence electrons. The van der Waals surface area contributed by atoms with E-state index in [0.717, 1.165) is 5.56 Å². The van der Waals surface area contributed by atoms with Gasteiger partial charge in [0.2, 0.25) is 5.91 Å². The Labute approximate surface area is 101 Å². The molecular formula is C13H18FNO2. The number of likely N-dealkylation sites (N-methyl/N-ethyl adjacent to an activating group) is 1. The number of carbonyl (C=O) groups is 1. The summed E-state index contributed by atoms with van der Waals surface area (Å²) in [6, 6.07) is 5.85. The van der Waals surface area contributed by atoms with Gasteiger partial charge in [-0.2, -0.15) is 0 Å². The summed E-state index contributed by atoms with van der Waals surface area (Å²) in [6.07, 6.45) is 0.209. The van der Waals surface area contributed by atoms with E-state index in [2.05, 4.69) is 0 Å². The Bertz CT molecular complexity index is 387. The first-order chi connectivity index (χ1) is 7.86. The van der Waals surface area contributed by atoms with Crippen LogP contribution in [0.25, 0.3) is 0 Å². The first kappa shape index (κ1) is 13.6. The second-order valence-corrected chi connectivity index (χ2v) is 4.73. The molecule has 1 aromatic rings. The molecule has 0 aromatic heterocycles. The van der Waals surface area contributed by atoms with Crippen molar-refractivity contribution in [1.29, 1.82) is 0 Å². The Morgan fingerprint density at radius 3 is 2.35 bits per heavy atom. The molecule has 0 heterocycles. The van der Waals surface area contributed by atoms with Crippen LogP contribution in [0.2, 0.25) is 0 Å². The van der Waals surface area contributed by atoms with Gasteiger partial charge in [0.1, 0.15) is 5.82 Å². The number of nitrogens with zero attached hydrogens (tertiary/aromatic N) is 1. The van der Waals surface area contributed by atoms with Crippen molar-refractivity contribution in [2.45, 2.75) is 25.8 Å². The quantitative estimate of drug-likeness (QED) is 0.867. The number of aliphatic hydroxyl groups excluding tert-OH is 1. The van der Waals surface area contributed by atoms with Crippen LogP contribution in [0.5, 0.6) is 0 Å². The molecule has 0 saturated heterocycles. The molecule has 1 aromatic carbocycles. The van der Waals surface area contributed by atoms with Crippen molar-refractivity contribution < 1.29 is 14.3 Å². The van der Waals surface area contributed by atoms with E-state index in [1.165, 1.54) is 17.0 Å². The Morgan fingerprint density at radius 1 is 1.35 bits per heavy atom. The van der Waals surface area contributed by atoms with Crippen LogP contribution in [0.1, 0.15) is 19.4 Å². The van der Waals surface area contributed by atoms with Crippen molar-refractivity contribution in [1.82, 2.24) is 4.90 Å². The van der Waals surface area contributed by atoms with Crippen LogP contribution >= 0.6 is 0 Å². The summed E-state index contributed by atoms with van der Waals surface area (Å²) in [6.45, 7) is 3.48. The number of rotatable bonds is 4. The van der Waals surface area contributed by atoms with Gasteiger partial charge in [-0.15, -0.1) is 0 Å². The maximum absolute atomic E-state index is 12.7. The van der Waals surface area contributed by atoms with Gasteiger partial charge in [-0.05, 0) is 31.5 Å². The molecule has 0 fully saturated rings. The molecule has 0 aliphatic carbocycles. The van der Waals surface area contributed by atoms with E-state index in [1.807, 2.05) is 0 Å². The Hall–Kier alpha value is -1.42. The zero-order chi connectivity index (χ0) is 13.1. The molecule has 0 spiro atoms. The third kappa shape index (κ3) is 3.53. The molecule has 0 atom stereocenters. The number of carbonyl (C=O) groups excluding carboxylic acids is 1. The van der Waals surface area contributed by atoms with E-state index >= 15 is 0 Å². The van der Waals surface area contributed by atoms with Crippen LogP contribution in [0.3, 0.4) is 0 Å². The Kier molecular flexibility index (Phi) is 4.23. The van der Waals surface area contributed by atoms with Crippen LogP contribution in [0.15, 0.2) is 24.3 Å². The van der Waals surface area contributed by atoms with Gasteiger partial charge in [-0.1, -0.05) is 12.1 Å². The highest BCUT2D eigenvalue weighted by atomic mass is 19.1. The minimum absolute atomic E-state index is 0.0986. The van der Waals surface area contributed by atoms with Crippen molar-refractivity contribution in [3.05, 3.63) is 35.6 Å². The van der Waals surface area contributed by atoms with Gasteiger partial charge >= 0.3 is 0 Å². The number of benzene rings is 1. The molecule has 17 heavy (non-hydrogen) atoms. The fourth-order valence-corrected chi connectivity index (χ4v) is 1.34. The maximum atomic E-state index is 12.7. The maximum Gasteiger partial charge on any atom is 0.227 e. The summed E-state index contributed by atoms with van der Waals surface area (Å²) < 4.78 is 12.7. The van der Waals surface area contributed by atoms with Gasteiger partial charge in [0, 0.05) is 7.05 Å². The van der Waals surface area contributed by atoms with Crippen molar-refractivity contribution in [2.75, 3.05) is 13.7 Å². The predicted molar refractivity (Wildman–Crippen MR) is 64.0 cm³/mol. The fourth-order valence-electron chi connectivity index (χ4n) is 1.34. The van der Waals surface area contributed by atoms with Crippen LogP contribution in [-0.2, 0) is 11.2 Å². The van der Waals surface area contributed by atoms with Gasteiger partial charge < -0.3 is 10.0 Å². The third-order valence-corrected chi connectivity index (χ3v) is 2.94. The minimum atomic E-state index is -0.586. The summed E-state index contributed by atoms with van der Waals surface area (Å²) in [5.41, 5.74) is 0.175. The lowest BCUT2D eigenvalue weighted by Gasteiger charge is -2.34. The van der Waals surface area contributed by atoms with Crippen LogP contribution in [-0.4, -0.2) is 35.1 Å². The molecule has 3 nitrogen and oxygen atoms in total. The summed E-state index contributed by atoms with van der Waals surface area (Å²) in [5.74, 6) is -0.416. The molecule has 1 N–H and O–H groups in total. The van der Waals surface area contributed by atoms with E-state index in [0.29, 0.717) is 0 Å². The van der Waals surface area contributed by atoms with Gasteiger partial charge in [0.05, 0.1) is 18.6 Å². The van der Waals surface area contributed by atoms with Crippen LogP contribution in [0.4, 0.5) is 4.39 Å². The van der Waals surface area contributed by atoms with E-state index in [1.54, 1.807) is 33.0 Å². The lowest BCUT2D eigenvalue weighted by atomic mass is 10.0. The number of amides is 1. The Morgan fingerprint density at radius 2 is 1.88 bits per heavy atom. The zero-order valence-corrected chi connectivity index (χ0v) is 10.4. The molecule has 0 aliphatic rings. The van der Waals surface area contributed by atoms with Crippen molar-refractivity contribution >= 4 is 5.91 Å². The lowest BCUT2D eigenvalue weighted by molar-refractivity contribution is -0.135. The van der Waals surface area contributed by atoms with Crippen molar-refractivity contribution in [3.8, 4) is 0 Å². The summed E-state index contributed by atoms with van der Waals surface area (Å²) in [4.78, 5) is 13.4. The number of aliphatic hydroxyl groups is 1. The normalized spacial score (nSPS) is 11.4. The summed E-state index contributed by atoms with van der Waals surface area (Å²) in [5, 5.41) is 9.17. The fraction of sp³-hybridized carbons (Fsp3) is 0.462. The molecule has 0 bridgehead atoms. The van der Waals surface area contributed by atoms with Crippen LogP contribution < -0.4 is 0 Å². The SMILES string of the molecule is CN(C(=O)Cc1ccc(F)cc1)C(C)(C)CO. The molecule has 1 amide bonds. The molecule has 0 aliphatic heterocycles. The average molecular weight is 239 g/mol. The van der Waals surface area contributed by atoms with Gasteiger partial charge in [0.15, 0.2) is 0 Å². The largest absolute Gasteiger partial charge is 0.394 e. The van der Waals surface area contributed by atoms with Gasteiger partial charge in [-0.3, -0.25) is 4.79 Å². The number of hydrogen-bond donors (Lipinski definition) is 1. The topological polar surface area (TPSA) is 40.5 Å². The smallest absolute Gasteiger partial charge is 0.227 e. The molecule has 0 radical (unpaired) electrons. The highest BCUT2D eigenvalue weighted by Crippen LogP contribution is 2.13. The van der Waals surface area contributed by atoms with E-state index in [4.69, 9.17) is 0 Å². The monoisotopic (exact) mass is 239 g/mol. The highest BCUT2D eigenvalue weighted by molar-refractivity contribution is 5.79. The molecular weight excluding hydrogens is 221 g/mol. The molecule has 1 rings (SSSR count). The predicted octanol–water partition coefficient (Wildman–Crippen LogP) is 1.60. The van der Waals surface area contributed by atoms with Gasteiger partial charge in [0.25, 0.3) is 0 Å². The van der Waals surface area contributed by atoms with E-state index in [-0.39, 0.29) is 24.8 Å². The number of halogens is 1. The first-order valence-electron chi connectivity index (χ1n) is 5.49. The summed E-state index contributed by atoms with van der Waals surface area (Å²) >= 11 is 0. The first-order valence-corrected chi connectivity index (χ1v) is 5.49. The second-order valence-electron chi connectivity index (χ2n) is 4.73. The number of hydrogen-bond acceptors (Lipinski definition) is 2. The van der Waals surface area contributed by atoms with E-state index < -0.39 is 5.54 Å². The summed E-state index contributed by atoms with van der Waals surface area (Å²) in [7, 11) is 1.65. The third-order valence-electron chi connectivity index (χ3n) is 2.94. The standard InChI is InChI=1S/C13H18FNO2/c1-13(2,9-16)15(3)12(17)8-10-4-6-11(14)7-5-10/h4-7,16H,8-9H2,1-3H3. The lowest BCUT2D eigenvalue weighted by Crippen LogP contribution is -2.48. The Balaban J connectivity index is 2.69. The minimum Gasteiger partial charge on any atom is -0.394 e.